The maximum absolute atomic E-state index is 12.1. The van der Waals surface area contributed by atoms with E-state index in [2.05, 4.69) is 15.6 Å². The Morgan fingerprint density at radius 2 is 2.04 bits per heavy atom. The molecule has 1 aromatic carbocycles. The van der Waals surface area contributed by atoms with Gasteiger partial charge in [-0.25, -0.2) is 9.78 Å². The highest BCUT2D eigenvalue weighted by Gasteiger charge is 2.12. The molecule has 0 aliphatic carbocycles. The maximum Gasteiger partial charge on any atom is 0.413 e. The van der Waals surface area contributed by atoms with Crippen LogP contribution in [0.25, 0.3) is 0 Å². The summed E-state index contributed by atoms with van der Waals surface area (Å²) in [6, 6.07) is 7.15. The molecule has 0 bridgehead atoms. The predicted octanol–water partition coefficient (Wildman–Crippen LogP) is 2.90. The third-order valence-electron chi connectivity index (χ3n) is 2.76. The van der Waals surface area contributed by atoms with Crippen LogP contribution in [0, 0.1) is 0 Å². The van der Waals surface area contributed by atoms with E-state index in [1.54, 1.807) is 31.5 Å². The quantitative estimate of drug-likeness (QED) is 0.847. The summed E-state index contributed by atoms with van der Waals surface area (Å²) in [4.78, 5) is 27.5. The molecule has 0 atom stereocenters. The number of ether oxygens (including phenoxy) is 2. The van der Waals surface area contributed by atoms with Crippen molar-refractivity contribution in [3.63, 3.8) is 0 Å². The first kappa shape index (κ1) is 16.8. The van der Waals surface area contributed by atoms with Gasteiger partial charge in [-0.05, 0) is 19.1 Å². The topological polar surface area (TPSA) is 89.5 Å². The van der Waals surface area contributed by atoms with Crippen molar-refractivity contribution in [3.8, 4) is 5.75 Å². The highest BCUT2D eigenvalue weighted by atomic mass is 32.1. The zero-order valence-corrected chi connectivity index (χ0v) is 13.6. The van der Waals surface area contributed by atoms with Gasteiger partial charge in [0, 0.05) is 5.38 Å². The molecule has 2 rings (SSSR count). The van der Waals surface area contributed by atoms with Crippen LogP contribution in [-0.4, -0.2) is 30.7 Å². The Kier molecular flexibility index (Phi) is 5.93. The zero-order chi connectivity index (χ0) is 16.7. The molecule has 7 nitrogen and oxygen atoms in total. The monoisotopic (exact) mass is 335 g/mol. The van der Waals surface area contributed by atoms with Crippen molar-refractivity contribution in [2.45, 2.75) is 13.3 Å². The van der Waals surface area contributed by atoms with Crippen molar-refractivity contribution in [2.75, 3.05) is 24.4 Å². The Balaban J connectivity index is 1.93. The van der Waals surface area contributed by atoms with Crippen LogP contribution < -0.4 is 15.4 Å². The number of amides is 2. The fourth-order valence-corrected chi connectivity index (χ4v) is 2.50. The van der Waals surface area contributed by atoms with Crippen LogP contribution in [0.1, 0.15) is 12.6 Å². The van der Waals surface area contributed by atoms with E-state index in [0.29, 0.717) is 22.3 Å². The summed E-state index contributed by atoms with van der Waals surface area (Å²) < 4.78 is 9.94. The first-order valence-electron chi connectivity index (χ1n) is 6.93. The van der Waals surface area contributed by atoms with E-state index in [-0.39, 0.29) is 18.9 Å². The molecule has 0 aliphatic rings. The van der Waals surface area contributed by atoms with E-state index in [1.165, 1.54) is 11.3 Å². The van der Waals surface area contributed by atoms with Gasteiger partial charge in [-0.2, -0.15) is 0 Å². The molecule has 23 heavy (non-hydrogen) atoms. The van der Waals surface area contributed by atoms with Gasteiger partial charge < -0.3 is 14.8 Å². The Morgan fingerprint density at radius 3 is 2.78 bits per heavy atom. The predicted molar refractivity (Wildman–Crippen MR) is 88.1 cm³/mol. The number of nitrogens with one attached hydrogen (secondary N) is 2. The molecule has 2 N–H and O–H groups in total. The largest absolute Gasteiger partial charge is 0.495 e. The minimum atomic E-state index is -0.563. The molecule has 0 fully saturated rings. The number of methoxy groups -OCH3 is 1. The normalized spacial score (nSPS) is 10.0. The highest BCUT2D eigenvalue weighted by Crippen LogP contribution is 2.23. The van der Waals surface area contributed by atoms with E-state index in [9.17, 15) is 9.59 Å². The van der Waals surface area contributed by atoms with Crippen molar-refractivity contribution in [1.82, 2.24) is 4.98 Å². The summed E-state index contributed by atoms with van der Waals surface area (Å²) in [6.07, 6.45) is -0.467. The lowest BCUT2D eigenvalue weighted by atomic mass is 10.2. The van der Waals surface area contributed by atoms with Gasteiger partial charge in [-0.1, -0.05) is 12.1 Å². The fourth-order valence-electron chi connectivity index (χ4n) is 1.81. The minimum Gasteiger partial charge on any atom is -0.495 e. The van der Waals surface area contributed by atoms with Crippen LogP contribution in [-0.2, 0) is 16.0 Å². The molecule has 2 aromatic rings. The van der Waals surface area contributed by atoms with Crippen molar-refractivity contribution in [1.29, 1.82) is 0 Å². The second-order valence-electron chi connectivity index (χ2n) is 4.41. The van der Waals surface area contributed by atoms with Gasteiger partial charge in [0.15, 0.2) is 5.13 Å². The summed E-state index contributed by atoms with van der Waals surface area (Å²) in [5.41, 5.74) is 1.16. The number of hydrogen-bond acceptors (Lipinski definition) is 6. The number of thiazole rings is 1. The minimum absolute atomic E-state index is 0.0963. The third-order valence-corrected chi connectivity index (χ3v) is 3.57. The van der Waals surface area contributed by atoms with Gasteiger partial charge >= 0.3 is 6.09 Å². The van der Waals surface area contributed by atoms with Crippen LogP contribution in [0.3, 0.4) is 0 Å². The Morgan fingerprint density at radius 1 is 1.26 bits per heavy atom. The highest BCUT2D eigenvalue weighted by molar-refractivity contribution is 7.13. The zero-order valence-electron chi connectivity index (χ0n) is 12.8. The molecule has 8 heteroatoms. The van der Waals surface area contributed by atoms with Gasteiger partial charge in [0.05, 0.1) is 31.5 Å². The van der Waals surface area contributed by atoms with Crippen LogP contribution in [0.2, 0.25) is 0 Å². The van der Waals surface area contributed by atoms with Crippen LogP contribution in [0.5, 0.6) is 5.75 Å². The average Bonchev–Trinajstić information content (AvgIpc) is 2.94. The lowest BCUT2D eigenvalue weighted by Gasteiger charge is -2.08. The van der Waals surface area contributed by atoms with Gasteiger partial charge in [-0.3, -0.25) is 10.1 Å². The number of rotatable bonds is 6. The summed E-state index contributed by atoms with van der Waals surface area (Å²) in [5, 5.41) is 7.37. The van der Waals surface area contributed by atoms with Gasteiger partial charge in [-0.15, -0.1) is 11.3 Å². The number of para-hydroxylation sites is 2. The second kappa shape index (κ2) is 8.14. The van der Waals surface area contributed by atoms with Crippen molar-refractivity contribution >= 4 is 34.2 Å². The van der Waals surface area contributed by atoms with E-state index in [1.807, 2.05) is 12.1 Å². The standard InChI is InChI=1S/C15H17N3O4S/c1-3-22-15(20)18-14-16-10(9-23-14)8-13(19)17-11-6-4-5-7-12(11)21-2/h4-7,9H,3,8H2,1-2H3,(H,17,19)(H,16,18,20). The molecule has 0 radical (unpaired) electrons. The van der Waals surface area contributed by atoms with Gasteiger partial charge in [0.1, 0.15) is 5.75 Å². The second-order valence-corrected chi connectivity index (χ2v) is 5.27. The summed E-state index contributed by atoms with van der Waals surface area (Å²) in [6.45, 7) is 2.00. The van der Waals surface area contributed by atoms with Crippen molar-refractivity contribution in [3.05, 3.63) is 35.3 Å². The number of aromatic nitrogens is 1. The summed E-state index contributed by atoms with van der Waals surface area (Å²) >= 11 is 1.23. The fraction of sp³-hybridized carbons (Fsp3) is 0.267. The van der Waals surface area contributed by atoms with E-state index < -0.39 is 6.09 Å². The molecular weight excluding hydrogens is 318 g/mol. The number of anilines is 2. The Labute approximate surface area is 137 Å². The summed E-state index contributed by atoms with van der Waals surface area (Å²) in [5.74, 6) is 0.367. The average molecular weight is 335 g/mol. The van der Waals surface area contributed by atoms with E-state index in [0.717, 1.165) is 0 Å². The number of carbonyl (C=O) groups excluding carboxylic acids is 2. The van der Waals surface area contributed by atoms with Crippen molar-refractivity contribution < 1.29 is 19.1 Å². The molecule has 2 amide bonds. The molecule has 1 aromatic heterocycles. The molecule has 0 unspecified atom stereocenters. The first-order chi connectivity index (χ1) is 11.1. The molecule has 122 valence electrons. The first-order valence-corrected chi connectivity index (χ1v) is 7.81. The van der Waals surface area contributed by atoms with Crippen LogP contribution >= 0.6 is 11.3 Å². The number of nitrogens with zero attached hydrogens (tertiary/aromatic N) is 1. The van der Waals surface area contributed by atoms with Gasteiger partial charge in [0.2, 0.25) is 5.91 Å². The molecule has 0 spiro atoms. The lowest BCUT2D eigenvalue weighted by molar-refractivity contribution is -0.115. The molecule has 0 saturated heterocycles. The molecule has 1 heterocycles. The van der Waals surface area contributed by atoms with Crippen LogP contribution in [0.4, 0.5) is 15.6 Å². The molecule has 0 saturated carbocycles. The number of benzene rings is 1. The number of hydrogen-bond donors (Lipinski definition) is 2. The number of carbonyl (C=O) groups is 2. The third kappa shape index (κ3) is 4.96. The lowest BCUT2D eigenvalue weighted by Crippen LogP contribution is -2.16. The van der Waals surface area contributed by atoms with E-state index >= 15 is 0 Å². The summed E-state index contributed by atoms with van der Waals surface area (Å²) in [7, 11) is 1.54. The van der Waals surface area contributed by atoms with Gasteiger partial charge in [0.25, 0.3) is 0 Å². The smallest absolute Gasteiger partial charge is 0.413 e. The maximum atomic E-state index is 12.1. The van der Waals surface area contributed by atoms with E-state index in [4.69, 9.17) is 9.47 Å². The molecular formula is C15H17N3O4S. The van der Waals surface area contributed by atoms with Crippen molar-refractivity contribution in [2.24, 2.45) is 0 Å². The Hall–Kier alpha value is -2.61. The SMILES string of the molecule is CCOC(=O)Nc1nc(CC(=O)Nc2ccccc2OC)cs1. The Bertz CT molecular complexity index is 687. The molecule has 0 aliphatic heterocycles. The van der Waals surface area contributed by atoms with Crippen LogP contribution in [0.15, 0.2) is 29.6 Å².